The van der Waals surface area contributed by atoms with Gasteiger partial charge in [0, 0.05) is 4.90 Å². The maximum absolute atomic E-state index is 12.7. The summed E-state index contributed by atoms with van der Waals surface area (Å²) < 4.78 is 12.7. The number of benzene rings is 1. The third kappa shape index (κ3) is 1.79. The van der Waals surface area contributed by atoms with Gasteiger partial charge in [-0.15, -0.1) is 11.8 Å². The summed E-state index contributed by atoms with van der Waals surface area (Å²) in [6.45, 7) is 0. The molecular weight excluding hydrogens is 185 g/mol. The molecule has 2 N–H and O–H groups in total. The number of thioether (sulfide) groups is 1. The van der Waals surface area contributed by atoms with Gasteiger partial charge >= 0.3 is 0 Å². The van der Waals surface area contributed by atoms with Crippen molar-refractivity contribution >= 4 is 29.1 Å². The summed E-state index contributed by atoms with van der Waals surface area (Å²) in [6.07, 6.45) is 1.86. The standard InChI is InChI=1S/C7H7ClFNS/c1-11-7-3-6(10)5(9)2-4(7)8/h2-3H,10H2,1H3. The van der Waals surface area contributed by atoms with Crippen molar-refractivity contribution < 1.29 is 4.39 Å². The van der Waals surface area contributed by atoms with Crippen LogP contribution in [0.4, 0.5) is 10.1 Å². The van der Waals surface area contributed by atoms with Gasteiger partial charge in [0.1, 0.15) is 5.82 Å². The molecule has 1 rings (SSSR count). The molecular formula is C7H7ClFNS. The zero-order chi connectivity index (χ0) is 8.43. The second-order valence-electron chi connectivity index (χ2n) is 2.01. The molecule has 4 heteroatoms. The Morgan fingerprint density at radius 1 is 1.55 bits per heavy atom. The summed E-state index contributed by atoms with van der Waals surface area (Å²) >= 11 is 7.12. The Kier molecular flexibility index (Phi) is 2.62. The molecule has 0 saturated carbocycles. The number of rotatable bonds is 1. The largest absolute Gasteiger partial charge is 0.396 e. The number of hydrogen-bond donors (Lipinski definition) is 1. The summed E-state index contributed by atoms with van der Waals surface area (Å²) in [5.74, 6) is -0.465. The number of nitrogens with two attached hydrogens (primary N) is 1. The van der Waals surface area contributed by atoms with E-state index in [1.54, 1.807) is 0 Å². The van der Waals surface area contributed by atoms with E-state index in [0.717, 1.165) is 4.90 Å². The van der Waals surface area contributed by atoms with Crippen molar-refractivity contribution in [3.8, 4) is 0 Å². The van der Waals surface area contributed by atoms with E-state index in [-0.39, 0.29) is 5.69 Å². The van der Waals surface area contributed by atoms with Crippen LogP contribution in [0.25, 0.3) is 0 Å². The molecule has 1 aromatic carbocycles. The maximum Gasteiger partial charge on any atom is 0.147 e. The minimum atomic E-state index is -0.465. The monoisotopic (exact) mass is 191 g/mol. The van der Waals surface area contributed by atoms with Crippen LogP contribution in [0, 0.1) is 5.82 Å². The first kappa shape index (κ1) is 8.68. The van der Waals surface area contributed by atoms with Crippen LogP contribution in [0.15, 0.2) is 17.0 Å². The van der Waals surface area contributed by atoms with Crippen LogP contribution in [0.3, 0.4) is 0 Å². The molecule has 0 heterocycles. The Morgan fingerprint density at radius 2 is 2.18 bits per heavy atom. The van der Waals surface area contributed by atoms with Crippen molar-refractivity contribution in [1.82, 2.24) is 0 Å². The lowest BCUT2D eigenvalue weighted by molar-refractivity contribution is 0.631. The normalized spacial score (nSPS) is 10.1. The first-order chi connectivity index (χ1) is 5.15. The Balaban J connectivity index is 3.21. The van der Waals surface area contributed by atoms with Crippen LogP contribution in [0.1, 0.15) is 0 Å². The molecule has 0 amide bonds. The Hall–Kier alpha value is -0.410. The van der Waals surface area contributed by atoms with Crippen molar-refractivity contribution in [1.29, 1.82) is 0 Å². The van der Waals surface area contributed by atoms with E-state index in [1.807, 2.05) is 6.26 Å². The topological polar surface area (TPSA) is 26.0 Å². The highest BCUT2D eigenvalue weighted by Gasteiger charge is 2.04. The molecule has 1 nitrogen and oxygen atoms in total. The number of hydrogen-bond acceptors (Lipinski definition) is 2. The molecule has 0 aliphatic heterocycles. The highest BCUT2D eigenvalue weighted by Crippen LogP contribution is 2.28. The van der Waals surface area contributed by atoms with E-state index in [9.17, 15) is 4.39 Å². The van der Waals surface area contributed by atoms with Gasteiger partial charge in [-0.1, -0.05) is 11.6 Å². The van der Waals surface area contributed by atoms with Crippen molar-refractivity contribution in [2.45, 2.75) is 4.90 Å². The average Bonchev–Trinajstić information content (AvgIpc) is 1.97. The minimum absolute atomic E-state index is 0.138. The van der Waals surface area contributed by atoms with E-state index >= 15 is 0 Å². The van der Waals surface area contributed by atoms with Gasteiger partial charge in [0.2, 0.25) is 0 Å². The lowest BCUT2D eigenvalue weighted by Crippen LogP contribution is -1.90. The summed E-state index contributed by atoms with van der Waals surface area (Å²) in [6, 6.07) is 2.76. The van der Waals surface area contributed by atoms with Crippen molar-refractivity contribution in [2.75, 3.05) is 12.0 Å². The first-order valence-electron chi connectivity index (χ1n) is 2.93. The Bertz CT molecular complexity index is 277. The predicted octanol–water partition coefficient (Wildman–Crippen LogP) is 2.78. The van der Waals surface area contributed by atoms with Gasteiger partial charge in [0.25, 0.3) is 0 Å². The quantitative estimate of drug-likeness (QED) is 0.546. The third-order valence-electron chi connectivity index (χ3n) is 1.27. The van der Waals surface area contributed by atoms with Crippen molar-refractivity contribution in [3.05, 3.63) is 23.0 Å². The molecule has 0 unspecified atom stereocenters. The molecule has 0 fully saturated rings. The maximum atomic E-state index is 12.7. The fraction of sp³-hybridized carbons (Fsp3) is 0.143. The predicted molar refractivity (Wildman–Crippen MR) is 47.6 cm³/mol. The number of nitrogen functional groups attached to an aromatic ring is 1. The molecule has 0 atom stereocenters. The molecule has 0 spiro atoms. The van der Waals surface area contributed by atoms with Crippen molar-refractivity contribution in [2.24, 2.45) is 0 Å². The summed E-state index contributed by atoms with van der Waals surface area (Å²) in [7, 11) is 0. The van der Waals surface area contributed by atoms with Gasteiger partial charge in [-0.2, -0.15) is 0 Å². The van der Waals surface area contributed by atoms with Gasteiger partial charge < -0.3 is 5.73 Å². The molecule has 11 heavy (non-hydrogen) atoms. The van der Waals surface area contributed by atoms with Gasteiger partial charge in [-0.3, -0.25) is 0 Å². The first-order valence-corrected chi connectivity index (χ1v) is 4.54. The average molecular weight is 192 g/mol. The molecule has 0 aromatic heterocycles. The van der Waals surface area contributed by atoms with E-state index in [1.165, 1.54) is 23.9 Å². The van der Waals surface area contributed by atoms with E-state index in [2.05, 4.69) is 0 Å². The van der Waals surface area contributed by atoms with Crippen LogP contribution in [0.5, 0.6) is 0 Å². The molecule has 0 aliphatic carbocycles. The highest BCUT2D eigenvalue weighted by molar-refractivity contribution is 7.98. The van der Waals surface area contributed by atoms with Crippen LogP contribution < -0.4 is 5.73 Å². The highest BCUT2D eigenvalue weighted by atomic mass is 35.5. The molecule has 60 valence electrons. The van der Waals surface area contributed by atoms with E-state index < -0.39 is 5.82 Å². The smallest absolute Gasteiger partial charge is 0.147 e. The number of halogens is 2. The summed E-state index contributed by atoms with van der Waals surface area (Å²) in [4.78, 5) is 0.797. The lowest BCUT2D eigenvalue weighted by atomic mass is 10.3. The second-order valence-corrected chi connectivity index (χ2v) is 3.26. The van der Waals surface area contributed by atoms with Crippen LogP contribution in [-0.2, 0) is 0 Å². The van der Waals surface area contributed by atoms with Crippen LogP contribution in [-0.4, -0.2) is 6.26 Å². The van der Waals surface area contributed by atoms with Crippen molar-refractivity contribution in [3.63, 3.8) is 0 Å². The Morgan fingerprint density at radius 3 is 2.73 bits per heavy atom. The summed E-state index contributed by atoms with van der Waals surface area (Å²) in [5.41, 5.74) is 5.46. The third-order valence-corrected chi connectivity index (χ3v) is 2.47. The van der Waals surface area contributed by atoms with E-state index in [0.29, 0.717) is 5.02 Å². The summed E-state index contributed by atoms with van der Waals surface area (Å²) in [5, 5.41) is 0.407. The Labute approximate surface area is 73.7 Å². The molecule has 0 saturated heterocycles. The zero-order valence-electron chi connectivity index (χ0n) is 5.90. The second kappa shape index (κ2) is 3.32. The van der Waals surface area contributed by atoms with Crippen LogP contribution >= 0.6 is 23.4 Å². The fourth-order valence-corrected chi connectivity index (χ4v) is 1.58. The van der Waals surface area contributed by atoms with Gasteiger partial charge in [0.05, 0.1) is 10.7 Å². The molecule has 0 radical (unpaired) electrons. The van der Waals surface area contributed by atoms with Gasteiger partial charge in [0.15, 0.2) is 0 Å². The SMILES string of the molecule is CSc1cc(N)c(F)cc1Cl. The van der Waals surface area contributed by atoms with Gasteiger partial charge in [-0.25, -0.2) is 4.39 Å². The van der Waals surface area contributed by atoms with Gasteiger partial charge in [-0.05, 0) is 18.4 Å². The molecule has 0 bridgehead atoms. The lowest BCUT2D eigenvalue weighted by Gasteiger charge is -2.02. The van der Waals surface area contributed by atoms with E-state index in [4.69, 9.17) is 17.3 Å². The number of anilines is 1. The minimum Gasteiger partial charge on any atom is -0.396 e. The fourth-order valence-electron chi connectivity index (χ4n) is 0.701. The molecule has 1 aromatic rings. The zero-order valence-corrected chi connectivity index (χ0v) is 7.47. The van der Waals surface area contributed by atoms with Crippen LogP contribution in [0.2, 0.25) is 5.02 Å². The molecule has 0 aliphatic rings.